The molecule has 4 aromatic rings. The number of piperidine rings is 1. The molecule has 0 atom stereocenters. The number of hydrogen-bond acceptors (Lipinski definition) is 6. The molecular weight excluding hydrogens is 495 g/mol. The SMILES string of the molecule is Cn1nccc1C(=O)Cc1ccc(Nc2ccc(CC(=O)c3ccc(N4CCC(O)CC4)cc3)cc2)c(F)c1. The lowest BCUT2D eigenvalue weighted by Crippen LogP contribution is -2.35. The fourth-order valence-corrected chi connectivity index (χ4v) is 4.82. The number of rotatable bonds is 9. The molecule has 39 heavy (non-hydrogen) atoms. The molecule has 2 N–H and O–H groups in total. The van der Waals surface area contributed by atoms with Crippen LogP contribution in [0.1, 0.15) is 44.8 Å². The molecule has 0 radical (unpaired) electrons. The van der Waals surface area contributed by atoms with Crippen LogP contribution in [-0.4, -0.2) is 45.6 Å². The number of aliphatic hydroxyl groups excluding tert-OH is 1. The van der Waals surface area contributed by atoms with Gasteiger partial charge in [0.15, 0.2) is 11.6 Å². The molecule has 1 aliphatic rings. The summed E-state index contributed by atoms with van der Waals surface area (Å²) in [5, 5.41) is 16.8. The quantitative estimate of drug-likeness (QED) is 0.295. The van der Waals surface area contributed by atoms with Crippen molar-refractivity contribution in [3.63, 3.8) is 0 Å². The van der Waals surface area contributed by atoms with E-state index in [1.165, 1.54) is 10.7 Å². The van der Waals surface area contributed by atoms with Crippen molar-refractivity contribution in [3.05, 3.63) is 107 Å². The standard InChI is InChI=1S/C31H31FN4O3/c1-35-29(12-15-33-35)31(39)20-22-4-11-28(27(32)18-22)34-24-7-2-21(3-8-24)19-30(38)23-5-9-25(10-6-23)36-16-13-26(37)14-17-36/h2-12,15,18,26,34,37H,13-14,16-17,19-20H2,1H3. The van der Waals surface area contributed by atoms with Crippen LogP contribution < -0.4 is 10.2 Å². The normalized spacial score (nSPS) is 13.9. The molecule has 1 aliphatic heterocycles. The number of hydrogen-bond donors (Lipinski definition) is 2. The van der Waals surface area contributed by atoms with Crippen LogP contribution in [0.5, 0.6) is 0 Å². The Bertz CT molecular complexity index is 1460. The molecule has 1 fully saturated rings. The minimum Gasteiger partial charge on any atom is -0.393 e. The number of carbonyl (C=O) groups excluding carboxylic acids is 2. The Morgan fingerprint density at radius 3 is 2.23 bits per heavy atom. The number of Topliss-reactive ketones (excluding diaryl/α,β-unsaturated/α-hetero) is 2. The lowest BCUT2D eigenvalue weighted by Gasteiger charge is -2.31. The molecule has 1 saturated heterocycles. The third-order valence-corrected chi connectivity index (χ3v) is 7.12. The molecule has 0 unspecified atom stereocenters. The number of nitrogens with one attached hydrogen (secondary N) is 1. The van der Waals surface area contributed by atoms with Crippen molar-refractivity contribution in [2.75, 3.05) is 23.3 Å². The van der Waals surface area contributed by atoms with Crippen LogP contribution in [0, 0.1) is 5.82 Å². The summed E-state index contributed by atoms with van der Waals surface area (Å²) >= 11 is 0. The smallest absolute Gasteiger partial charge is 0.185 e. The van der Waals surface area contributed by atoms with E-state index in [0.717, 1.165) is 37.2 Å². The number of carbonyl (C=O) groups is 2. The van der Waals surface area contributed by atoms with Crippen molar-refractivity contribution >= 4 is 28.6 Å². The zero-order valence-corrected chi connectivity index (χ0v) is 21.8. The first kappa shape index (κ1) is 26.3. The van der Waals surface area contributed by atoms with Gasteiger partial charge in [-0.05, 0) is 78.6 Å². The van der Waals surface area contributed by atoms with Gasteiger partial charge in [0, 0.05) is 56.1 Å². The average molecular weight is 527 g/mol. The molecule has 200 valence electrons. The van der Waals surface area contributed by atoms with Gasteiger partial charge in [-0.1, -0.05) is 18.2 Å². The molecule has 0 aliphatic carbocycles. The zero-order valence-electron chi connectivity index (χ0n) is 21.8. The highest BCUT2D eigenvalue weighted by atomic mass is 19.1. The van der Waals surface area contributed by atoms with E-state index in [1.807, 2.05) is 48.5 Å². The van der Waals surface area contributed by atoms with E-state index < -0.39 is 5.82 Å². The average Bonchev–Trinajstić information content (AvgIpc) is 3.38. The van der Waals surface area contributed by atoms with E-state index in [0.29, 0.717) is 28.2 Å². The maximum absolute atomic E-state index is 14.8. The second kappa shape index (κ2) is 11.6. The van der Waals surface area contributed by atoms with Crippen molar-refractivity contribution in [2.45, 2.75) is 31.8 Å². The zero-order chi connectivity index (χ0) is 27.4. The van der Waals surface area contributed by atoms with Gasteiger partial charge >= 0.3 is 0 Å². The molecular formula is C31H31FN4O3. The van der Waals surface area contributed by atoms with E-state index in [4.69, 9.17) is 0 Å². The van der Waals surface area contributed by atoms with Crippen LogP contribution >= 0.6 is 0 Å². The molecule has 7 nitrogen and oxygen atoms in total. The molecule has 0 bridgehead atoms. The number of aryl methyl sites for hydroxylation is 1. The van der Waals surface area contributed by atoms with E-state index >= 15 is 0 Å². The molecule has 2 heterocycles. The topological polar surface area (TPSA) is 87.5 Å². The predicted molar refractivity (Wildman–Crippen MR) is 149 cm³/mol. The summed E-state index contributed by atoms with van der Waals surface area (Å²) in [4.78, 5) is 27.5. The fourth-order valence-electron chi connectivity index (χ4n) is 4.82. The van der Waals surface area contributed by atoms with Crippen molar-refractivity contribution in [1.29, 1.82) is 0 Å². The number of aliphatic hydroxyl groups is 1. The van der Waals surface area contributed by atoms with E-state index in [1.54, 1.807) is 31.4 Å². The minimum absolute atomic E-state index is 0.0265. The van der Waals surface area contributed by atoms with Crippen LogP contribution in [-0.2, 0) is 19.9 Å². The van der Waals surface area contributed by atoms with E-state index in [-0.39, 0.29) is 30.5 Å². The van der Waals surface area contributed by atoms with Gasteiger partial charge in [0.25, 0.3) is 0 Å². The van der Waals surface area contributed by atoms with Crippen molar-refractivity contribution in [3.8, 4) is 0 Å². The van der Waals surface area contributed by atoms with Gasteiger partial charge < -0.3 is 15.3 Å². The summed E-state index contributed by atoms with van der Waals surface area (Å²) < 4.78 is 16.3. The summed E-state index contributed by atoms with van der Waals surface area (Å²) in [6, 6.07) is 21.3. The second-order valence-electron chi connectivity index (χ2n) is 9.94. The Morgan fingerprint density at radius 1 is 0.923 bits per heavy atom. The summed E-state index contributed by atoms with van der Waals surface area (Å²) in [6.45, 7) is 1.63. The largest absolute Gasteiger partial charge is 0.393 e. The lowest BCUT2D eigenvalue weighted by atomic mass is 10.0. The van der Waals surface area contributed by atoms with Crippen LogP contribution in [0.3, 0.4) is 0 Å². The molecule has 3 aromatic carbocycles. The van der Waals surface area contributed by atoms with Gasteiger partial charge in [-0.25, -0.2) is 4.39 Å². The maximum Gasteiger partial charge on any atom is 0.185 e. The molecule has 5 rings (SSSR count). The van der Waals surface area contributed by atoms with Crippen LogP contribution in [0.25, 0.3) is 0 Å². The molecule has 8 heteroatoms. The van der Waals surface area contributed by atoms with Crippen molar-refractivity contribution in [1.82, 2.24) is 9.78 Å². The second-order valence-corrected chi connectivity index (χ2v) is 9.94. The first-order valence-corrected chi connectivity index (χ1v) is 13.1. The number of halogens is 1. The number of anilines is 3. The van der Waals surface area contributed by atoms with Gasteiger partial charge in [0.05, 0.1) is 11.8 Å². The van der Waals surface area contributed by atoms with Crippen molar-refractivity contribution in [2.24, 2.45) is 7.05 Å². The number of ketones is 2. The minimum atomic E-state index is -0.450. The summed E-state index contributed by atoms with van der Waals surface area (Å²) in [5.74, 6) is -0.550. The molecule has 0 saturated carbocycles. The highest BCUT2D eigenvalue weighted by Gasteiger charge is 2.18. The van der Waals surface area contributed by atoms with Crippen LogP contribution in [0.4, 0.5) is 21.5 Å². The predicted octanol–water partition coefficient (Wildman–Crippen LogP) is 5.11. The third-order valence-electron chi connectivity index (χ3n) is 7.12. The Balaban J connectivity index is 1.16. The summed E-state index contributed by atoms with van der Waals surface area (Å²) in [5.41, 5.74) is 4.65. The lowest BCUT2D eigenvalue weighted by molar-refractivity contribution is 0.0979. The Labute approximate surface area is 226 Å². The Kier molecular flexibility index (Phi) is 7.84. The molecule has 0 spiro atoms. The monoisotopic (exact) mass is 526 g/mol. The highest BCUT2D eigenvalue weighted by molar-refractivity contribution is 5.98. The van der Waals surface area contributed by atoms with Crippen LogP contribution in [0.15, 0.2) is 79.0 Å². The van der Waals surface area contributed by atoms with Crippen LogP contribution in [0.2, 0.25) is 0 Å². The van der Waals surface area contributed by atoms with E-state index in [2.05, 4.69) is 15.3 Å². The Hall–Kier alpha value is -4.30. The third kappa shape index (κ3) is 6.41. The molecule has 1 aromatic heterocycles. The van der Waals surface area contributed by atoms with Gasteiger partial charge in [-0.3, -0.25) is 14.3 Å². The molecule has 0 amide bonds. The first-order valence-electron chi connectivity index (χ1n) is 13.1. The number of nitrogens with zero attached hydrogens (tertiary/aromatic N) is 3. The van der Waals surface area contributed by atoms with E-state index in [9.17, 15) is 19.1 Å². The number of aromatic nitrogens is 2. The van der Waals surface area contributed by atoms with Gasteiger partial charge in [-0.15, -0.1) is 0 Å². The maximum atomic E-state index is 14.8. The first-order chi connectivity index (χ1) is 18.9. The van der Waals surface area contributed by atoms with Gasteiger partial charge in [0.1, 0.15) is 11.5 Å². The fraction of sp³-hybridized carbons (Fsp3) is 0.258. The summed E-state index contributed by atoms with van der Waals surface area (Å²) in [7, 11) is 1.70. The Morgan fingerprint density at radius 2 is 1.59 bits per heavy atom. The summed E-state index contributed by atoms with van der Waals surface area (Å²) in [6.07, 6.45) is 3.22. The van der Waals surface area contributed by atoms with Gasteiger partial charge in [-0.2, -0.15) is 5.10 Å². The highest BCUT2D eigenvalue weighted by Crippen LogP contribution is 2.24. The van der Waals surface area contributed by atoms with Gasteiger partial charge in [0.2, 0.25) is 0 Å². The number of benzene rings is 3. The van der Waals surface area contributed by atoms with Crippen molar-refractivity contribution < 1.29 is 19.1 Å².